The van der Waals surface area contributed by atoms with E-state index in [1.165, 1.54) is 4.80 Å². The van der Waals surface area contributed by atoms with Crippen molar-refractivity contribution in [3.05, 3.63) is 42.7 Å². The second-order valence-electron chi connectivity index (χ2n) is 5.87. The molecule has 25 heavy (non-hydrogen) atoms. The molecule has 0 amide bonds. The molecule has 0 radical (unpaired) electrons. The number of nitrogens with one attached hydrogen (secondary N) is 1. The monoisotopic (exact) mass is 335 g/mol. The van der Waals surface area contributed by atoms with Gasteiger partial charge in [0.2, 0.25) is 0 Å². The van der Waals surface area contributed by atoms with Crippen LogP contribution in [0.1, 0.15) is 25.7 Å². The Hall–Kier alpha value is -3.36. The van der Waals surface area contributed by atoms with E-state index in [2.05, 4.69) is 53.9 Å². The van der Waals surface area contributed by atoms with Gasteiger partial charge in [-0.15, -0.1) is 4.80 Å². The Balaban J connectivity index is 1.69. The zero-order valence-corrected chi connectivity index (χ0v) is 14.1. The lowest BCUT2D eigenvalue weighted by molar-refractivity contribution is 0.600. The van der Waals surface area contributed by atoms with E-state index in [1.54, 1.807) is 30.9 Å². The second kappa shape index (κ2) is 5.93. The first kappa shape index (κ1) is 15.2. The molecule has 0 atom stereocenters. The Bertz CT molecular complexity index is 1020. The number of hydrogen-bond acceptors (Lipinski definition) is 7. The minimum atomic E-state index is 0.316. The summed E-state index contributed by atoms with van der Waals surface area (Å²) in [7, 11) is 0. The molecular formula is C16H17N9. The number of aromatic nitrogens is 8. The molecule has 0 saturated carbocycles. The average Bonchev–Trinajstić information content (AvgIpc) is 3.21. The van der Waals surface area contributed by atoms with Crippen molar-refractivity contribution in [3.63, 3.8) is 0 Å². The smallest absolute Gasteiger partial charge is 0.270 e. The Labute approximate surface area is 143 Å². The number of aryl methyl sites for hydroxylation is 1. The van der Waals surface area contributed by atoms with Crippen molar-refractivity contribution < 1.29 is 0 Å². The van der Waals surface area contributed by atoms with Crippen LogP contribution in [-0.4, -0.2) is 39.5 Å². The van der Waals surface area contributed by atoms with Crippen molar-refractivity contribution in [1.82, 2.24) is 39.5 Å². The largest absolute Gasteiger partial charge is 0.326 e. The van der Waals surface area contributed by atoms with E-state index >= 15 is 0 Å². The zero-order valence-electron chi connectivity index (χ0n) is 14.1. The van der Waals surface area contributed by atoms with Crippen LogP contribution in [0.2, 0.25) is 0 Å². The van der Waals surface area contributed by atoms with Gasteiger partial charge in [-0.2, -0.15) is 15.2 Å². The summed E-state index contributed by atoms with van der Waals surface area (Å²) in [6.07, 6.45) is 6.57. The summed E-state index contributed by atoms with van der Waals surface area (Å²) in [6, 6.07) is 4.06. The lowest BCUT2D eigenvalue weighted by Crippen LogP contribution is -2.06. The van der Waals surface area contributed by atoms with E-state index in [9.17, 15) is 0 Å². The van der Waals surface area contributed by atoms with Gasteiger partial charge >= 0.3 is 0 Å². The van der Waals surface area contributed by atoms with Crippen LogP contribution in [-0.2, 0) is 0 Å². The number of pyridine rings is 1. The number of nitrogens with zero attached hydrogens (tertiary/aromatic N) is 8. The van der Waals surface area contributed by atoms with Crippen molar-refractivity contribution in [1.29, 1.82) is 0 Å². The molecule has 4 heterocycles. The molecule has 9 nitrogen and oxygen atoms in total. The van der Waals surface area contributed by atoms with Crippen molar-refractivity contribution in [2.45, 2.75) is 26.8 Å². The lowest BCUT2D eigenvalue weighted by Gasteiger charge is -2.11. The molecule has 1 N–H and O–H groups in total. The predicted octanol–water partition coefficient (Wildman–Crippen LogP) is 2.43. The highest BCUT2D eigenvalue weighted by molar-refractivity contribution is 5.79. The highest BCUT2D eigenvalue weighted by Gasteiger charge is 2.12. The van der Waals surface area contributed by atoms with E-state index in [4.69, 9.17) is 0 Å². The number of anilines is 2. The van der Waals surface area contributed by atoms with E-state index < -0.39 is 0 Å². The molecule has 0 spiro atoms. The Morgan fingerprint density at radius 3 is 2.56 bits per heavy atom. The molecule has 0 aliphatic carbocycles. The number of hydrogen-bond donors (Lipinski definition) is 1. The summed E-state index contributed by atoms with van der Waals surface area (Å²) in [5, 5.41) is 11.3. The van der Waals surface area contributed by atoms with Crippen LogP contribution in [0.25, 0.3) is 17.0 Å². The van der Waals surface area contributed by atoms with Crippen molar-refractivity contribution in [2.75, 3.05) is 5.32 Å². The maximum Gasteiger partial charge on any atom is 0.270 e. The summed E-state index contributed by atoms with van der Waals surface area (Å²) in [5.41, 5.74) is 1.91. The summed E-state index contributed by atoms with van der Waals surface area (Å²) in [4.78, 5) is 18.9. The molecule has 0 unspecified atom stereocenters. The van der Waals surface area contributed by atoms with E-state index in [-0.39, 0.29) is 0 Å². The number of rotatable bonds is 4. The quantitative estimate of drug-likeness (QED) is 0.611. The zero-order chi connectivity index (χ0) is 17.4. The fourth-order valence-electron chi connectivity index (χ4n) is 2.80. The van der Waals surface area contributed by atoms with Gasteiger partial charge in [0.25, 0.3) is 5.95 Å². The molecule has 4 aromatic heterocycles. The van der Waals surface area contributed by atoms with Crippen LogP contribution in [0, 0.1) is 6.92 Å². The third-order valence-electron chi connectivity index (χ3n) is 3.77. The average molecular weight is 335 g/mol. The number of fused-ring (bicyclic) bond motifs is 1. The van der Waals surface area contributed by atoms with E-state index in [1.807, 2.05) is 13.0 Å². The van der Waals surface area contributed by atoms with Crippen LogP contribution in [0.4, 0.5) is 11.6 Å². The summed E-state index contributed by atoms with van der Waals surface area (Å²) in [5.74, 6) is 2.66. The van der Waals surface area contributed by atoms with Gasteiger partial charge in [-0.1, -0.05) is 0 Å². The van der Waals surface area contributed by atoms with Crippen LogP contribution in [0.3, 0.4) is 0 Å². The topological polar surface area (TPSA) is 99.2 Å². The van der Waals surface area contributed by atoms with Crippen LogP contribution >= 0.6 is 0 Å². The molecule has 126 valence electrons. The van der Waals surface area contributed by atoms with Crippen LogP contribution in [0.15, 0.2) is 36.9 Å². The Kier molecular flexibility index (Phi) is 3.60. The van der Waals surface area contributed by atoms with Gasteiger partial charge in [-0.25, -0.2) is 15.0 Å². The minimum absolute atomic E-state index is 0.316. The molecule has 4 aromatic rings. The summed E-state index contributed by atoms with van der Waals surface area (Å²) in [6.45, 7) is 6.27. The molecule has 0 saturated heterocycles. The minimum Gasteiger partial charge on any atom is -0.326 e. The molecule has 0 aliphatic rings. The standard InChI is InChI=1S/C16H17N9/c1-10(2)24-11(3)21-12-9-18-15(8-13(12)24)22-14-4-5-17-16(23-14)25-19-6-7-20-25/h4-10H,1-3H3,(H,17,18,22,23). The van der Waals surface area contributed by atoms with Gasteiger partial charge in [0.1, 0.15) is 23.0 Å². The van der Waals surface area contributed by atoms with Crippen LogP contribution < -0.4 is 5.32 Å². The van der Waals surface area contributed by atoms with Crippen molar-refractivity contribution in [3.8, 4) is 5.95 Å². The predicted molar refractivity (Wildman–Crippen MR) is 92.9 cm³/mol. The van der Waals surface area contributed by atoms with Gasteiger partial charge in [0.05, 0.1) is 24.1 Å². The van der Waals surface area contributed by atoms with Gasteiger partial charge in [0.15, 0.2) is 0 Å². The first-order valence-electron chi connectivity index (χ1n) is 7.93. The highest BCUT2D eigenvalue weighted by Crippen LogP contribution is 2.23. The first-order valence-corrected chi connectivity index (χ1v) is 7.93. The maximum atomic E-state index is 4.56. The molecule has 0 fully saturated rings. The van der Waals surface area contributed by atoms with Crippen molar-refractivity contribution in [2.24, 2.45) is 0 Å². The van der Waals surface area contributed by atoms with Crippen molar-refractivity contribution >= 4 is 22.7 Å². The normalized spacial score (nSPS) is 11.4. The Morgan fingerprint density at radius 1 is 1.00 bits per heavy atom. The fourth-order valence-corrected chi connectivity index (χ4v) is 2.80. The lowest BCUT2D eigenvalue weighted by atomic mass is 10.3. The van der Waals surface area contributed by atoms with E-state index in [0.717, 1.165) is 16.9 Å². The fraction of sp³-hybridized carbons (Fsp3) is 0.250. The highest BCUT2D eigenvalue weighted by atomic mass is 15.5. The molecule has 0 aliphatic heterocycles. The third kappa shape index (κ3) is 2.80. The molecule has 0 bridgehead atoms. The first-order chi connectivity index (χ1) is 12.1. The summed E-state index contributed by atoms with van der Waals surface area (Å²) < 4.78 is 2.18. The Morgan fingerprint density at radius 2 is 1.80 bits per heavy atom. The van der Waals surface area contributed by atoms with Gasteiger partial charge < -0.3 is 9.88 Å². The third-order valence-corrected chi connectivity index (χ3v) is 3.77. The van der Waals surface area contributed by atoms with Gasteiger partial charge in [0, 0.05) is 18.3 Å². The maximum absolute atomic E-state index is 4.56. The molecule has 4 rings (SSSR count). The second-order valence-corrected chi connectivity index (χ2v) is 5.87. The molecular weight excluding hydrogens is 318 g/mol. The number of imidazole rings is 1. The molecule has 9 heteroatoms. The molecule has 0 aromatic carbocycles. The van der Waals surface area contributed by atoms with Gasteiger partial charge in [-0.05, 0) is 26.8 Å². The summed E-state index contributed by atoms with van der Waals surface area (Å²) >= 11 is 0. The van der Waals surface area contributed by atoms with Gasteiger partial charge in [-0.3, -0.25) is 0 Å². The SMILES string of the molecule is Cc1nc2cnc(Nc3ccnc(-n4nccn4)n3)cc2n1C(C)C. The van der Waals surface area contributed by atoms with Crippen LogP contribution in [0.5, 0.6) is 0 Å². The van der Waals surface area contributed by atoms with E-state index in [0.29, 0.717) is 23.6 Å².